The van der Waals surface area contributed by atoms with Gasteiger partial charge in [0.2, 0.25) is 6.29 Å². The molecule has 2 saturated heterocycles. The fourth-order valence-corrected chi connectivity index (χ4v) is 6.11. The van der Waals surface area contributed by atoms with Crippen LogP contribution >= 0.6 is 0 Å². The van der Waals surface area contributed by atoms with Gasteiger partial charge in [-0.3, -0.25) is 4.79 Å². The second kappa shape index (κ2) is 21.3. The van der Waals surface area contributed by atoms with Crippen molar-refractivity contribution in [1.29, 1.82) is 0 Å². The molecule has 0 aliphatic carbocycles. The molecule has 0 radical (unpaired) electrons. The molecule has 2 fully saturated rings. The highest BCUT2D eigenvalue weighted by atomic mass is 16.8. The smallest absolute Gasteiger partial charge is 0.316 e. The summed E-state index contributed by atoms with van der Waals surface area (Å²) >= 11 is 0. The van der Waals surface area contributed by atoms with Crippen molar-refractivity contribution in [3.05, 3.63) is 0 Å². The van der Waals surface area contributed by atoms with Gasteiger partial charge in [-0.15, -0.1) is 0 Å². The number of carbonyl (C=O) groups excluding carboxylic acids is 1. The van der Waals surface area contributed by atoms with Crippen molar-refractivity contribution in [1.82, 2.24) is 0 Å². The van der Waals surface area contributed by atoms with E-state index in [0.717, 1.165) is 12.8 Å². The molecule has 2 aliphatic heterocycles. The van der Waals surface area contributed by atoms with Crippen LogP contribution < -0.4 is 0 Å². The normalized spacial score (nSPS) is 35.0. The number of hydrogen-bond donors (Lipinski definition) is 16. The highest BCUT2D eigenvalue weighted by Gasteiger charge is 2.52. The van der Waals surface area contributed by atoms with E-state index in [1.165, 1.54) is 13.8 Å². The minimum Gasteiger partial charge on any atom is -0.432 e. The molecule has 0 amide bonds. The van der Waals surface area contributed by atoms with Crippen LogP contribution in [0.4, 0.5) is 0 Å². The Bertz CT molecular complexity index is 1070. The van der Waals surface area contributed by atoms with E-state index in [9.17, 15) is 81.4 Å². The summed E-state index contributed by atoms with van der Waals surface area (Å²) in [6.07, 6.45) is -34.5. The molecule has 16 N–H and O–H groups in total. The third-order valence-corrected chi connectivity index (χ3v) is 9.81. The molecule has 0 aromatic carbocycles. The average molecular weight is 781 g/mol. The summed E-state index contributed by atoms with van der Waals surface area (Å²) in [4.78, 5) is 13.7. The van der Waals surface area contributed by atoms with Crippen molar-refractivity contribution >= 4 is 5.97 Å². The lowest BCUT2D eigenvalue weighted by molar-refractivity contribution is -0.358. The minimum absolute atomic E-state index is 0.139. The van der Waals surface area contributed by atoms with Gasteiger partial charge in [0.25, 0.3) is 0 Å². The van der Waals surface area contributed by atoms with E-state index in [1.54, 1.807) is 0 Å². The van der Waals surface area contributed by atoms with Crippen molar-refractivity contribution in [2.75, 3.05) is 6.61 Å². The van der Waals surface area contributed by atoms with Crippen molar-refractivity contribution in [3.8, 4) is 0 Å². The van der Waals surface area contributed by atoms with E-state index >= 15 is 0 Å². The zero-order valence-corrected chi connectivity index (χ0v) is 29.8. The molecule has 53 heavy (non-hydrogen) atoms. The number of unbranched alkanes of at least 4 members (excludes halogenated alkanes) is 4. The SMILES string of the molecule is CCCCCCCC(O)(O)C(CC(O)C(O)C(O)C(O)C(O)C(O)C(O)C(O)CO)C(=O)O[C@@H]1O[C@@H](C)[C@H](O)[C@@H](O)[C@H]1O[C@@H]1O[C@@H](C)[C@H](O)[C@@H](O)[C@H]1O. The number of carbonyl (C=O) groups is 1. The van der Waals surface area contributed by atoms with Gasteiger partial charge in [-0.25, -0.2) is 0 Å². The lowest BCUT2D eigenvalue weighted by Gasteiger charge is -2.45. The van der Waals surface area contributed by atoms with Gasteiger partial charge in [0, 0.05) is 6.42 Å². The molecule has 0 aromatic rings. The van der Waals surface area contributed by atoms with E-state index in [0.29, 0.717) is 12.8 Å². The number of aliphatic hydroxyl groups is 16. The van der Waals surface area contributed by atoms with Crippen LogP contribution in [0.2, 0.25) is 0 Å². The summed E-state index contributed by atoms with van der Waals surface area (Å²) in [7, 11) is 0. The largest absolute Gasteiger partial charge is 0.432 e. The zero-order valence-electron chi connectivity index (χ0n) is 29.8. The second-order valence-corrected chi connectivity index (χ2v) is 14.0. The van der Waals surface area contributed by atoms with Crippen molar-refractivity contribution in [2.24, 2.45) is 5.92 Å². The predicted octanol–water partition coefficient (Wildman–Crippen LogP) is -6.86. The van der Waals surface area contributed by atoms with Gasteiger partial charge < -0.3 is 101 Å². The molecule has 19 atom stereocenters. The predicted molar refractivity (Wildman–Crippen MR) is 173 cm³/mol. The van der Waals surface area contributed by atoms with Crippen LogP contribution in [0.5, 0.6) is 0 Å². The van der Waals surface area contributed by atoms with Gasteiger partial charge in [-0.1, -0.05) is 32.6 Å². The Morgan fingerprint density at radius 2 is 1.11 bits per heavy atom. The number of esters is 1. The number of rotatable bonds is 21. The van der Waals surface area contributed by atoms with Gasteiger partial charge in [0.1, 0.15) is 79.2 Å². The molecule has 2 aliphatic rings. The number of hydrogen-bond acceptors (Lipinski definition) is 21. The topological polar surface area (TPSA) is 378 Å². The molecule has 0 spiro atoms. The van der Waals surface area contributed by atoms with Crippen molar-refractivity contribution in [2.45, 2.75) is 182 Å². The maximum absolute atomic E-state index is 13.7. The average Bonchev–Trinajstić information content (AvgIpc) is 3.12. The third kappa shape index (κ3) is 12.3. The van der Waals surface area contributed by atoms with E-state index in [4.69, 9.17) is 24.1 Å². The van der Waals surface area contributed by atoms with Crippen LogP contribution in [0.1, 0.15) is 65.7 Å². The van der Waals surface area contributed by atoms with Crippen molar-refractivity contribution < 1.29 is 105 Å². The Labute approximate surface area is 305 Å². The second-order valence-electron chi connectivity index (χ2n) is 14.0. The van der Waals surface area contributed by atoms with Crippen LogP contribution in [0, 0.1) is 5.92 Å². The first-order valence-electron chi connectivity index (χ1n) is 17.7. The van der Waals surface area contributed by atoms with Crippen LogP contribution in [-0.4, -0.2) is 210 Å². The molecule has 0 aromatic heterocycles. The first-order chi connectivity index (χ1) is 24.6. The van der Waals surface area contributed by atoms with E-state index in [1.807, 2.05) is 6.92 Å². The van der Waals surface area contributed by atoms with Crippen LogP contribution in [0.15, 0.2) is 0 Å². The summed E-state index contributed by atoms with van der Waals surface area (Å²) in [5.74, 6) is -6.75. The molecule has 21 nitrogen and oxygen atoms in total. The summed E-state index contributed by atoms with van der Waals surface area (Å²) in [6, 6.07) is 0. The highest BCUT2D eigenvalue weighted by molar-refractivity contribution is 5.73. The maximum Gasteiger partial charge on any atom is 0.316 e. The number of aliphatic hydroxyl groups excluding tert-OH is 14. The lowest BCUT2D eigenvalue weighted by Crippen LogP contribution is -2.63. The summed E-state index contributed by atoms with van der Waals surface area (Å²) in [6.45, 7) is 3.49. The Balaban J connectivity index is 2.35. The highest BCUT2D eigenvalue weighted by Crippen LogP contribution is 2.33. The molecule has 314 valence electrons. The van der Waals surface area contributed by atoms with Gasteiger partial charge in [-0.2, -0.15) is 0 Å². The van der Waals surface area contributed by atoms with Gasteiger partial charge in [-0.05, 0) is 26.7 Å². The van der Waals surface area contributed by atoms with Gasteiger partial charge in [0.15, 0.2) is 18.2 Å². The fourth-order valence-electron chi connectivity index (χ4n) is 6.11. The van der Waals surface area contributed by atoms with Gasteiger partial charge >= 0.3 is 5.97 Å². The third-order valence-electron chi connectivity index (χ3n) is 9.81. The lowest BCUT2D eigenvalue weighted by atomic mass is 9.85. The zero-order chi connectivity index (χ0) is 40.5. The summed E-state index contributed by atoms with van der Waals surface area (Å²) in [5, 5.41) is 165. The molecular weight excluding hydrogens is 720 g/mol. The molecule has 21 heteroatoms. The molecular formula is C32H60O21. The molecule has 0 saturated carbocycles. The Morgan fingerprint density at radius 1 is 0.642 bits per heavy atom. The monoisotopic (exact) mass is 780 g/mol. The van der Waals surface area contributed by atoms with Crippen LogP contribution in [0.25, 0.3) is 0 Å². The van der Waals surface area contributed by atoms with Crippen LogP contribution in [-0.2, 0) is 23.7 Å². The Hall–Kier alpha value is -1.29. The van der Waals surface area contributed by atoms with Crippen LogP contribution in [0.3, 0.4) is 0 Å². The Kier molecular flexibility index (Phi) is 19.2. The fraction of sp³-hybridized carbons (Fsp3) is 0.969. The minimum atomic E-state index is -3.00. The maximum atomic E-state index is 13.7. The van der Waals surface area contributed by atoms with E-state index in [2.05, 4.69) is 0 Å². The standard InChI is InChI=1S/C32H60O21/c1-4-5-6-7-8-9-32(48,49)14(10-15(34)19(38)22(41)24(43)25(44)23(42)20(39)16(35)11-33)29(47)53-31-28(26(45)18(37)13(3)51-31)52-30-27(46)21(40)17(36)12(2)50-30/h12-28,30-31,33-46,48-49H,4-11H2,1-3H3/t12-,13-,14?,15?,16?,17-,18-,19?,20?,21+,22?,23?,24?,25?,26+,27+,28+,30-,31-/m0/s1. The van der Waals surface area contributed by atoms with Gasteiger partial charge in [0.05, 0.1) is 24.9 Å². The molecule has 2 heterocycles. The quantitative estimate of drug-likeness (QED) is 0.0292. The molecule has 2 rings (SSSR count). The van der Waals surface area contributed by atoms with E-state index < -0.39 is 147 Å². The van der Waals surface area contributed by atoms with E-state index in [-0.39, 0.29) is 6.42 Å². The molecule has 9 unspecified atom stereocenters. The Morgan fingerprint density at radius 3 is 1.64 bits per heavy atom. The summed E-state index contributed by atoms with van der Waals surface area (Å²) in [5.41, 5.74) is 0. The molecule has 0 bridgehead atoms. The summed E-state index contributed by atoms with van der Waals surface area (Å²) < 4.78 is 21.9. The van der Waals surface area contributed by atoms with Crippen molar-refractivity contribution in [3.63, 3.8) is 0 Å². The number of ether oxygens (including phenoxy) is 4. The first-order valence-corrected chi connectivity index (χ1v) is 17.7. The first kappa shape index (κ1) is 47.9.